The first kappa shape index (κ1) is 20.2. The molecular formula is C22H26N2O3. The first-order valence-corrected chi connectivity index (χ1v) is 8.92. The molecule has 0 spiro atoms. The van der Waals surface area contributed by atoms with Gasteiger partial charge in [-0.15, -0.1) is 0 Å². The van der Waals surface area contributed by atoms with Crippen molar-refractivity contribution in [1.82, 2.24) is 4.90 Å². The van der Waals surface area contributed by atoms with Gasteiger partial charge in [-0.1, -0.05) is 24.3 Å². The molecule has 0 aliphatic heterocycles. The summed E-state index contributed by atoms with van der Waals surface area (Å²) in [5.41, 5.74) is 3.79. The highest BCUT2D eigenvalue weighted by Crippen LogP contribution is 2.18. The van der Waals surface area contributed by atoms with Gasteiger partial charge in [-0.3, -0.25) is 9.59 Å². The van der Waals surface area contributed by atoms with Crippen LogP contribution >= 0.6 is 0 Å². The number of carbonyl (C=O) groups excluding carboxylic acids is 2. The minimum Gasteiger partial charge on any atom is -0.494 e. The van der Waals surface area contributed by atoms with Crippen LogP contribution in [0.3, 0.4) is 0 Å². The van der Waals surface area contributed by atoms with Gasteiger partial charge in [0.25, 0.3) is 0 Å². The number of amides is 2. The van der Waals surface area contributed by atoms with Crippen LogP contribution in [-0.4, -0.2) is 36.9 Å². The highest BCUT2D eigenvalue weighted by Gasteiger charge is 2.12. The Labute approximate surface area is 160 Å². The summed E-state index contributed by atoms with van der Waals surface area (Å²) in [5, 5.41) is 2.86. The molecule has 27 heavy (non-hydrogen) atoms. The second kappa shape index (κ2) is 9.57. The van der Waals surface area contributed by atoms with E-state index in [-0.39, 0.29) is 18.4 Å². The molecule has 2 rings (SSSR count). The molecule has 0 aliphatic rings. The first-order chi connectivity index (χ1) is 12.9. The molecule has 5 heteroatoms. The summed E-state index contributed by atoms with van der Waals surface area (Å²) in [5.74, 6) is 0.329. The van der Waals surface area contributed by atoms with Gasteiger partial charge in [0, 0.05) is 18.8 Å². The third-order valence-corrected chi connectivity index (χ3v) is 4.25. The summed E-state index contributed by atoms with van der Waals surface area (Å²) >= 11 is 0. The van der Waals surface area contributed by atoms with Crippen molar-refractivity contribution in [2.24, 2.45) is 0 Å². The van der Waals surface area contributed by atoms with E-state index in [0.29, 0.717) is 6.61 Å². The molecule has 0 fully saturated rings. The van der Waals surface area contributed by atoms with Crippen LogP contribution in [-0.2, 0) is 9.59 Å². The Kier molecular flexibility index (Phi) is 7.17. The van der Waals surface area contributed by atoms with Crippen molar-refractivity contribution in [3.63, 3.8) is 0 Å². The summed E-state index contributed by atoms with van der Waals surface area (Å²) in [4.78, 5) is 25.8. The van der Waals surface area contributed by atoms with E-state index in [1.807, 2.05) is 63.2 Å². The van der Waals surface area contributed by atoms with E-state index in [2.05, 4.69) is 5.32 Å². The number of nitrogens with zero attached hydrogens (tertiary/aromatic N) is 1. The lowest BCUT2D eigenvalue weighted by atomic mass is 10.1. The van der Waals surface area contributed by atoms with E-state index in [0.717, 1.165) is 28.1 Å². The number of nitrogens with one attached hydrogen (secondary N) is 1. The van der Waals surface area contributed by atoms with E-state index >= 15 is 0 Å². The normalized spacial score (nSPS) is 10.7. The molecule has 1 N–H and O–H groups in total. The second-order valence-electron chi connectivity index (χ2n) is 6.33. The van der Waals surface area contributed by atoms with Crippen LogP contribution < -0.4 is 10.1 Å². The maximum atomic E-state index is 12.2. The molecule has 0 aromatic heterocycles. The molecule has 2 aromatic carbocycles. The van der Waals surface area contributed by atoms with Gasteiger partial charge in [0.15, 0.2) is 0 Å². The molecule has 0 aliphatic carbocycles. The van der Waals surface area contributed by atoms with Crippen LogP contribution in [0.2, 0.25) is 0 Å². The number of benzene rings is 2. The number of likely N-dealkylation sites (N-methyl/N-ethyl adjacent to an activating group) is 1. The predicted molar refractivity (Wildman–Crippen MR) is 109 cm³/mol. The fourth-order valence-corrected chi connectivity index (χ4v) is 2.51. The van der Waals surface area contributed by atoms with E-state index < -0.39 is 0 Å². The number of rotatable bonds is 7. The minimum absolute atomic E-state index is 0.0141. The van der Waals surface area contributed by atoms with Crippen molar-refractivity contribution in [2.75, 3.05) is 25.5 Å². The Hall–Kier alpha value is -3.08. The Bertz CT molecular complexity index is 826. The number of carbonyl (C=O) groups is 2. The zero-order valence-corrected chi connectivity index (χ0v) is 16.3. The van der Waals surface area contributed by atoms with Crippen molar-refractivity contribution in [3.05, 3.63) is 65.2 Å². The minimum atomic E-state index is -0.236. The van der Waals surface area contributed by atoms with Crippen molar-refractivity contribution >= 4 is 23.6 Å². The van der Waals surface area contributed by atoms with Gasteiger partial charge >= 0.3 is 0 Å². The zero-order chi connectivity index (χ0) is 19.8. The molecule has 0 atom stereocenters. The summed E-state index contributed by atoms with van der Waals surface area (Å²) in [6, 6.07) is 13.2. The molecule has 0 radical (unpaired) electrons. The first-order valence-electron chi connectivity index (χ1n) is 8.92. The molecule has 0 heterocycles. The van der Waals surface area contributed by atoms with Crippen LogP contribution in [0.4, 0.5) is 5.69 Å². The molecule has 0 bridgehead atoms. The third-order valence-electron chi connectivity index (χ3n) is 4.25. The van der Waals surface area contributed by atoms with Crippen LogP contribution in [0, 0.1) is 13.8 Å². The highest BCUT2D eigenvalue weighted by atomic mass is 16.5. The van der Waals surface area contributed by atoms with E-state index in [9.17, 15) is 9.59 Å². The molecule has 0 saturated heterocycles. The number of hydrogen-bond acceptors (Lipinski definition) is 3. The molecule has 142 valence electrons. The maximum Gasteiger partial charge on any atom is 0.246 e. The van der Waals surface area contributed by atoms with Crippen molar-refractivity contribution in [3.8, 4) is 5.75 Å². The number of hydrogen-bond donors (Lipinski definition) is 1. The summed E-state index contributed by atoms with van der Waals surface area (Å²) in [6.07, 6.45) is 3.18. The van der Waals surface area contributed by atoms with Crippen molar-refractivity contribution < 1.29 is 14.3 Å². The lowest BCUT2D eigenvalue weighted by Crippen LogP contribution is -2.34. The van der Waals surface area contributed by atoms with Crippen LogP contribution in [0.25, 0.3) is 6.08 Å². The second-order valence-corrected chi connectivity index (χ2v) is 6.33. The SMILES string of the molecule is CCOc1ccc(C=CC(=O)N(C)CC(=O)Nc2cccc(C)c2C)cc1. The van der Waals surface area contributed by atoms with Crippen molar-refractivity contribution in [2.45, 2.75) is 20.8 Å². The van der Waals surface area contributed by atoms with Crippen molar-refractivity contribution in [1.29, 1.82) is 0 Å². The lowest BCUT2D eigenvalue weighted by Gasteiger charge is -2.16. The molecule has 5 nitrogen and oxygen atoms in total. The fourth-order valence-electron chi connectivity index (χ4n) is 2.51. The van der Waals surface area contributed by atoms with E-state index in [4.69, 9.17) is 4.74 Å². The monoisotopic (exact) mass is 366 g/mol. The molecular weight excluding hydrogens is 340 g/mol. The maximum absolute atomic E-state index is 12.2. The summed E-state index contributed by atoms with van der Waals surface area (Å²) < 4.78 is 5.39. The quantitative estimate of drug-likeness (QED) is 0.758. The average molecular weight is 366 g/mol. The van der Waals surface area contributed by atoms with Crippen LogP contribution in [0.1, 0.15) is 23.6 Å². The van der Waals surface area contributed by atoms with Crippen LogP contribution in [0.15, 0.2) is 48.5 Å². The predicted octanol–water partition coefficient (Wildman–Crippen LogP) is 3.81. The fraction of sp³-hybridized carbons (Fsp3) is 0.273. The Morgan fingerprint density at radius 1 is 1.11 bits per heavy atom. The summed E-state index contributed by atoms with van der Waals surface area (Å²) in [7, 11) is 1.60. The Morgan fingerprint density at radius 2 is 1.81 bits per heavy atom. The number of aryl methyl sites for hydroxylation is 1. The van der Waals surface area contributed by atoms with E-state index in [1.165, 1.54) is 11.0 Å². The standard InChI is InChI=1S/C22H26N2O3/c1-5-27-19-12-9-18(10-13-19)11-14-22(26)24(4)15-21(25)23-20-8-6-7-16(2)17(20)3/h6-14H,5,15H2,1-4H3,(H,23,25). The van der Waals surface area contributed by atoms with Gasteiger partial charge in [-0.05, 0) is 61.7 Å². The van der Waals surface area contributed by atoms with E-state index in [1.54, 1.807) is 13.1 Å². The summed E-state index contributed by atoms with van der Waals surface area (Å²) in [6.45, 7) is 6.48. The molecule has 0 saturated carbocycles. The number of anilines is 1. The van der Waals surface area contributed by atoms with Gasteiger partial charge < -0.3 is 15.0 Å². The third kappa shape index (κ3) is 5.99. The molecule has 2 aromatic rings. The van der Waals surface area contributed by atoms with Gasteiger partial charge in [0.05, 0.1) is 13.2 Å². The smallest absolute Gasteiger partial charge is 0.246 e. The topological polar surface area (TPSA) is 58.6 Å². The van der Waals surface area contributed by atoms with Crippen LogP contribution in [0.5, 0.6) is 5.75 Å². The Morgan fingerprint density at radius 3 is 2.48 bits per heavy atom. The lowest BCUT2D eigenvalue weighted by molar-refractivity contribution is -0.129. The van der Waals surface area contributed by atoms with Gasteiger partial charge in [-0.25, -0.2) is 0 Å². The van der Waals surface area contributed by atoms with Gasteiger partial charge in [0.1, 0.15) is 5.75 Å². The molecule has 2 amide bonds. The zero-order valence-electron chi connectivity index (χ0n) is 16.3. The molecule has 0 unspecified atom stereocenters. The highest BCUT2D eigenvalue weighted by molar-refractivity contribution is 5.98. The van der Waals surface area contributed by atoms with Gasteiger partial charge in [-0.2, -0.15) is 0 Å². The van der Waals surface area contributed by atoms with Gasteiger partial charge in [0.2, 0.25) is 11.8 Å². The average Bonchev–Trinajstić information content (AvgIpc) is 2.64. The largest absolute Gasteiger partial charge is 0.494 e. The number of ether oxygens (including phenoxy) is 1. The Balaban J connectivity index is 1.90.